The number of nitrogens with zero attached hydrogens (tertiary/aromatic N) is 6. The molecule has 1 amide bonds. The maximum atomic E-state index is 12.4. The van der Waals surface area contributed by atoms with E-state index in [0.717, 1.165) is 17.8 Å². The number of carbonyl (C=O) groups is 2. The molecule has 0 aromatic carbocycles. The second kappa shape index (κ2) is 7.44. The Morgan fingerprint density at radius 3 is 2.70 bits per heavy atom. The molecule has 3 aromatic heterocycles. The van der Waals surface area contributed by atoms with Gasteiger partial charge >= 0.3 is 5.97 Å². The molecule has 0 radical (unpaired) electrons. The molecule has 10 nitrogen and oxygen atoms in total. The summed E-state index contributed by atoms with van der Waals surface area (Å²) in [6.45, 7) is 6.89. The normalized spacial score (nSPS) is 12.1. The second-order valence-electron chi connectivity index (χ2n) is 6.15. The zero-order chi connectivity index (χ0) is 19.6. The molecule has 0 spiro atoms. The van der Waals surface area contributed by atoms with Crippen molar-refractivity contribution in [1.29, 1.82) is 0 Å². The van der Waals surface area contributed by atoms with Crippen LogP contribution in [0, 0.1) is 6.92 Å². The molecular formula is C17H21N7O3. The highest BCUT2D eigenvalue weighted by atomic mass is 16.4. The highest BCUT2D eigenvalue weighted by Crippen LogP contribution is 2.15. The lowest BCUT2D eigenvalue weighted by atomic mass is 10.2. The van der Waals surface area contributed by atoms with E-state index in [1.165, 1.54) is 16.9 Å². The van der Waals surface area contributed by atoms with Crippen molar-refractivity contribution in [2.24, 2.45) is 0 Å². The first-order chi connectivity index (χ1) is 12.9. The third-order valence-corrected chi connectivity index (χ3v) is 4.24. The van der Waals surface area contributed by atoms with E-state index in [-0.39, 0.29) is 11.6 Å². The van der Waals surface area contributed by atoms with Crippen LogP contribution in [-0.4, -0.2) is 46.3 Å². The number of carbonyl (C=O) groups excluding carboxylic acids is 1. The minimum atomic E-state index is -1.14. The fourth-order valence-corrected chi connectivity index (χ4v) is 2.72. The van der Waals surface area contributed by atoms with Crippen LogP contribution in [0.15, 0.2) is 30.9 Å². The van der Waals surface area contributed by atoms with Crippen LogP contribution in [0.2, 0.25) is 0 Å². The van der Waals surface area contributed by atoms with E-state index in [1.807, 2.05) is 24.7 Å². The fraction of sp³-hybridized carbons (Fsp3) is 0.353. The van der Waals surface area contributed by atoms with Crippen molar-refractivity contribution in [2.75, 3.05) is 5.32 Å². The molecule has 1 atom stereocenters. The van der Waals surface area contributed by atoms with E-state index < -0.39 is 12.0 Å². The maximum Gasteiger partial charge on any atom is 0.354 e. The van der Waals surface area contributed by atoms with E-state index in [9.17, 15) is 9.59 Å². The summed E-state index contributed by atoms with van der Waals surface area (Å²) in [4.78, 5) is 23.6. The minimum Gasteiger partial charge on any atom is -0.477 e. The van der Waals surface area contributed by atoms with Gasteiger partial charge in [-0.05, 0) is 26.8 Å². The number of aryl methyl sites for hydroxylation is 2. The lowest BCUT2D eigenvalue weighted by molar-refractivity contribution is -0.119. The molecule has 2 N–H and O–H groups in total. The first kappa shape index (κ1) is 18.4. The molecule has 0 aliphatic heterocycles. The fourth-order valence-electron chi connectivity index (χ4n) is 2.72. The zero-order valence-corrected chi connectivity index (χ0v) is 15.3. The van der Waals surface area contributed by atoms with Gasteiger partial charge in [0.05, 0.1) is 24.1 Å². The Balaban J connectivity index is 1.68. The topological polar surface area (TPSA) is 120 Å². The third kappa shape index (κ3) is 3.89. The average molecular weight is 371 g/mol. The SMILES string of the molecule is CCn1cc(Cn2cc(NC(=O)C(C)n3nccc3C(=O)O)cn2)c(C)n1. The van der Waals surface area contributed by atoms with E-state index in [1.54, 1.807) is 24.0 Å². The summed E-state index contributed by atoms with van der Waals surface area (Å²) in [6, 6.07) is 0.572. The molecule has 0 fully saturated rings. The van der Waals surface area contributed by atoms with E-state index in [2.05, 4.69) is 20.6 Å². The number of aromatic carboxylic acids is 1. The second-order valence-corrected chi connectivity index (χ2v) is 6.15. The van der Waals surface area contributed by atoms with Crippen LogP contribution in [-0.2, 0) is 17.9 Å². The van der Waals surface area contributed by atoms with Crippen molar-refractivity contribution in [1.82, 2.24) is 29.3 Å². The van der Waals surface area contributed by atoms with Crippen molar-refractivity contribution in [2.45, 2.75) is 39.9 Å². The average Bonchev–Trinajstić information content (AvgIpc) is 3.35. The summed E-state index contributed by atoms with van der Waals surface area (Å²) in [7, 11) is 0. The van der Waals surface area contributed by atoms with Crippen LogP contribution in [0.1, 0.15) is 41.6 Å². The highest BCUT2D eigenvalue weighted by Gasteiger charge is 2.21. The van der Waals surface area contributed by atoms with Crippen LogP contribution in [0.5, 0.6) is 0 Å². The smallest absolute Gasteiger partial charge is 0.354 e. The predicted octanol–water partition coefficient (Wildman–Crippen LogP) is 1.55. The van der Waals surface area contributed by atoms with Crippen molar-refractivity contribution in [3.05, 3.63) is 47.8 Å². The molecule has 0 saturated heterocycles. The first-order valence-corrected chi connectivity index (χ1v) is 8.52. The molecule has 3 aromatic rings. The maximum absolute atomic E-state index is 12.4. The quantitative estimate of drug-likeness (QED) is 0.650. The molecule has 0 saturated carbocycles. The summed E-state index contributed by atoms with van der Waals surface area (Å²) in [5.74, 6) is -1.52. The molecule has 0 aliphatic rings. The Hall–Kier alpha value is -3.43. The molecule has 3 heterocycles. The van der Waals surface area contributed by atoms with Crippen molar-refractivity contribution < 1.29 is 14.7 Å². The molecule has 142 valence electrons. The third-order valence-electron chi connectivity index (χ3n) is 4.24. The summed E-state index contributed by atoms with van der Waals surface area (Å²) >= 11 is 0. The molecule has 10 heteroatoms. The van der Waals surface area contributed by atoms with Crippen LogP contribution < -0.4 is 5.32 Å². The van der Waals surface area contributed by atoms with Gasteiger partial charge in [0.2, 0.25) is 5.91 Å². The van der Waals surface area contributed by atoms with E-state index in [0.29, 0.717) is 12.2 Å². The Bertz CT molecular complexity index is 969. The summed E-state index contributed by atoms with van der Waals surface area (Å²) in [5.41, 5.74) is 2.47. The number of aromatic nitrogens is 6. The van der Waals surface area contributed by atoms with Gasteiger partial charge in [-0.1, -0.05) is 0 Å². The molecule has 0 bridgehead atoms. The standard InChI is InChI=1S/C17H21N7O3/c1-4-22-8-13(11(2)21-22)9-23-10-14(7-19-23)20-16(25)12(3)24-15(17(26)27)5-6-18-24/h5-8,10,12H,4,9H2,1-3H3,(H,20,25)(H,26,27). The summed E-state index contributed by atoms with van der Waals surface area (Å²) < 4.78 is 4.74. The van der Waals surface area contributed by atoms with Gasteiger partial charge in [-0.2, -0.15) is 15.3 Å². The largest absolute Gasteiger partial charge is 0.477 e. The number of carboxylic acids is 1. The van der Waals surface area contributed by atoms with Gasteiger partial charge in [-0.15, -0.1) is 0 Å². The van der Waals surface area contributed by atoms with E-state index in [4.69, 9.17) is 5.11 Å². The number of carboxylic acid groups (broad SMARTS) is 1. The number of hydrogen-bond acceptors (Lipinski definition) is 5. The minimum absolute atomic E-state index is 0.0447. The Labute approximate surface area is 155 Å². The Morgan fingerprint density at radius 2 is 2.04 bits per heavy atom. The Morgan fingerprint density at radius 1 is 1.26 bits per heavy atom. The Kier molecular flexibility index (Phi) is 5.06. The van der Waals surface area contributed by atoms with Crippen LogP contribution in [0.4, 0.5) is 5.69 Å². The van der Waals surface area contributed by atoms with E-state index >= 15 is 0 Å². The first-order valence-electron chi connectivity index (χ1n) is 8.52. The molecule has 1 unspecified atom stereocenters. The van der Waals surface area contributed by atoms with Gasteiger partial charge in [-0.25, -0.2) is 9.48 Å². The lowest BCUT2D eigenvalue weighted by Crippen LogP contribution is -2.26. The highest BCUT2D eigenvalue weighted by molar-refractivity contribution is 5.94. The van der Waals surface area contributed by atoms with Crippen LogP contribution >= 0.6 is 0 Å². The molecule has 3 rings (SSSR count). The molecule has 27 heavy (non-hydrogen) atoms. The number of anilines is 1. The molecule has 0 aliphatic carbocycles. The number of rotatable bonds is 7. The monoisotopic (exact) mass is 371 g/mol. The van der Waals surface area contributed by atoms with Crippen molar-refractivity contribution in [3.63, 3.8) is 0 Å². The van der Waals surface area contributed by atoms with Gasteiger partial charge in [0, 0.05) is 30.7 Å². The van der Waals surface area contributed by atoms with Gasteiger partial charge in [0.25, 0.3) is 0 Å². The van der Waals surface area contributed by atoms with Gasteiger partial charge in [0.1, 0.15) is 11.7 Å². The van der Waals surface area contributed by atoms with Crippen molar-refractivity contribution >= 4 is 17.6 Å². The van der Waals surface area contributed by atoms with Crippen LogP contribution in [0.25, 0.3) is 0 Å². The van der Waals surface area contributed by atoms with Gasteiger partial charge in [0.15, 0.2) is 0 Å². The van der Waals surface area contributed by atoms with Gasteiger partial charge in [-0.3, -0.25) is 14.2 Å². The van der Waals surface area contributed by atoms with Crippen molar-refractivity contribution in [3.8, 4) is 0 Å². The number of amides is 1. The summed E-state index contributed by atoms with van der Waals surface area (Å²) in [5, 5.41) is 24.5. The zero-order valence-electron chi connectivity index (χ0n) is 15.3. The number of nitrogens with one attached hydrogen (secondary N) is 1. The molecular weight excluding hydrogens is 350 g/mol. The predicted molar refractivity (Wildman–Crippen MR) is 96.5 cm³/mol. The summed E-state index contributed by atoms with van der Waals surface area (Å²) in [6.07, 6.45) is 6.59. The number of hydrogen-bond donors (Lipinski definition) is 2. The lowest BCUT2D eigenvalue weighted by Gasteiger charge is -2.13. The van der Waals surface area contributed by atoms with Crippen LogP contribution in [0.3, 0.4) is 0 Å². The van der Waals surface area contributed by atoms with Gasteiger partial charge < -0.3 is 10.4 Å².